The van der Waals surface area contributed by atoms with E-state index >= 15 is 0 Å². The number of nitrogens with zero attached hydrogens (tertiary/aromatic N) is 3. The van der Waals surface area contributed by atoms with Gasteiger partial charge in [0.25, 0.3) is 0 Å². The average molecular weight is 441 g/mol. The monoisotopic (exact) mass is 440 g/mol. The highest BCUT2D eigenvalue weighted by molar-refractivity contribution is 9.10. The molecule has 0 saturated carbocycles. The minimum atomic E-state index is 0.585. The highest BCUT2D eigenvalue weighted by Crippen LogP contribution is 2.34. The lowest BCUT2D eigenvalue weighted by Gasteiger charge is -2.11. The molecular weight excluding hydrogens is 416 g/mol. The molecular formula is C22H25BrN4O. The van der Waals surface area contributed by atoms with Crippen molar-refractivity contribution in [2.75, 3.05) is 7.11 Å². The number of nitrogens with one attached hydrogen (secondary N) is 1. The van der Waals surface area contributed by atoms with Gasteiger partial charge in [-0.3, -0.25) is 4.68 Å². The average Bonchev–Trinajstić information content (AvgIpc) is 3.39. The Kier molecular flexibility index (Phi) is 7.65. The highest BCUT2D eigenvalue weighted by Gasteiger charge is 2.14. The fourth-order valence-electron chi connectivity index (χ4n) is 2.95. The van der Waals surface area contributed by atoms with Crippen LogP contribution in [-0.4, -0.2) is 21.9 Å². The first-order valence-corrected chi connectivity index (χ1v) is 10.2. The number of fused-ring (bicyclic) bond motifs is 2. The normalized spacial score (nSPS) is 9.89. The molecule has 0 saturated heterocycles. The van der Waals surface area contributed by atoms with Gasteiger partial charge in [-0.1, -0.05) is 27.7 Å². The van der Waals surface area contributed by atoms with Gasteiger partial charge in [-0.25, -0.2) is 0 Å². The van der Waals surface area contributed by atoms with Crippen molar-refractivity contribution in [1.82, 2.24) is 14.8 Å². The summed E-state index contributed by atoms with van der Waals surface area (Å²) in [5.41, 5.74) is 3.52. The molecule has 0 aliphatic heterocycles. The minimum absolute atomic E-state index is 0.585. The van der Waals surface area contributed by atoms with E-state index in [0.29, 0.717) is 12.1 Å². The lowest BCUT2D eigenvalue weighted by molar-refractivity contribution is 0.408. The molecule has 146 valence electrons. The van der Waals surface area contributed by atoms with Gasteiger partial charge in [0.05, 0.1) is 36.3 Å². The van der Waals surface area contributed by atoms with E-state index in [9.17, 15) is 0 Å². The summed E-state index contributed by atoms with van der Waals surface area (Å²) < 4.78 is 8.40. The summed E-state index contributed by atoms with van der Waals surface area (Å²) in [5.74, 6) is 0.811. The summed E-state index contributed by atoms with van der Waals surface area (Å²) in [6, 6.07) is 11.7. The Morgan fingerprint density at radius 2 is 1.93 bits per heavy atom. The van der Waals surface area contributed by atoms with Gasteiger partial charge in [0.2, 0.25) is 0 Å². The van der Waals surface area contributed by atoms with Gasteiger partial charge < -0.3 is 9.72 Å². The van der Waals surface area contributed by atoms with Gasteiger partial charge in [-0.2, -0.15) is 10.4 Å². The molecule has 28 heavy (non-hydrogen) atoms. The second-order valence-corrected chi connectivity index (χ2v) is 6.37. The van der Waals surface area contributed by atoms with Gasteiger partial charge in [0.1, 0.15) is 5.75 Å². The third-order valence-electron chi connectivity index (χ3n) is 4.09. The number of hydrogen-bond acceptors (Lipinski definition) is 3. The molecule has 6 heteroatoms. The maximum atomic E-state index is 9.02. The third kappa shape index (κ3) is 4.20. The van der Waals surface area contributed by atoms with Crippen molar-refractivity contribution in [3.63, 3.8) is 0 Å². The first kappa shape index (κ1) is 21.5. The Balaban J connectivity index is 0.000000660. The van der Waals surface area contributed by atoms with Crippen LogP contribution in [0, 0.1) is 11.3 Å². The van der Waals surface area contributed by atoms with Gasteiger partial charge >= 0.3 is 0 Å². The Morgan fingerprint density at radius 1 is 1.18 bits per heavy atom. The van der Waals surface area contributed by atoms with Crippen molar-refractivity contribution < 1.29 is 4.74 Å². The van der Waals surface area contributed by atoms with Crippen LogP contribution in [0.5, 0.6) is 5.75 Å². The molecule has 0 fully saturated rings. The maximum absolute atomic E-state index is 9.02. The van der Waals surface area contributed by atoms with Crippen LogP contribution in [0.1, 0.15) is 38.8 Å². The molecule has 2 aromatic carbocycles. The van der Waals surface area contributed by atoms with Gasteiger partial charge in [-0.05, 0) is 46.3 Å². The highest BCUT2D eigenvalue weighted by atomic mass is 79.9. The fourth-order valence-corrected chi connectivity index (χ4v) is 3.49. The molecule has 0 aliphatic rings. The van der Waals surface area contributed by atoms with E-state index < -0.39 is 0 Å². The first-order valence-electron chi connectivity index (χ1n) is 9.39. The molecule has 2 aromatic heterocycles. The molecule has 4 aromatic rings. The molecule has 0 radical (unpaired) electrons. The summed E-state index contributed by atoms with van der Waals surface area (Å²) in [7, 11) is 1.67. The molecule has 0 spiro atoms. The van der Waals surface area contributed by atoms with Crippen molar-refractivity contribution >= 4 is 37.7 Å². The van der Waals surface area contributed by atoms with Gasteiger partial charge in [-0.15, -0.1) is 0 Å². The van der Waals surface area contributed by atoms with Gasteiger partial charge in [0, 0.05) is 33.2 Å². The zero-order valence-electron chi connectivity index (χ0n) is 16.9. The molecule has 1 N–H and O–H groups in total. The lowest BCUT2D eigenvalue weighted by atomic mass is 10.1. The van der Waals surface area contributed by atoms with Crippen LogP contribution in [0.4, 0.5) is 0 Å². The summed E-state index contributed by atoms with van der Waals surface area (Å²) in [6.45, 7) is 8.58. The molecule has 5 nitrogen and oxygen atoms in total. The predicted octanol–water partition coefficient (Wildman–Crippen LogP) is 6.26. The second-order valence-electron chi connectivity index (χ2n) is 5.52. The van der Waals surface area contributed by atoms with E-state index in [2.05, 4.69) is 32.1 Å². The smallest absolute Gasteiger partial charge is 0.125 e. The maximum Gasteiger partial charge on any atom is 0.125 e. The number of benzene rings is 2. The third-order valence-corrected chi connectivity index (χ3v) is 4.72. The van der Waals surface area contributed by atoms with E-state index in [0.717, 1.165) is 37.6 Å². The molecule has 0 unspecified atom stereocenters. The molecule has 4 rings (SSSR count). The Hall–Kier alpha value is -2.78. The summed E-state index contributed by atoms with van der Waals surface area (Å²) in [5, 5.41) is 15.7. The SMILES string of the molecule is CC.CC.COc1cc(Br)c2[nH]ccc2c1Cn1cc2ccc(C#N)cc2n1. The van der Waals surface area contributed by atoms with E-state index in [1.807, 2.05) is 63.0 Å². The van der Waals surface area contributed by atoms with E-state index in [4.69, 9.17) is 10.00 Å². The van der Waals surface area contributed by atoms with Crippen LogP contribution in [-0.2, 0) is 6.54 Å². The fraction of sp³-hybridized carbons (Fsp3) is 0.273. The topological polar surface area (TPSA) is 66.6 Å². The summed E-state index contributed by atoms with van der Waals surface area (Å²) >= 11 is 3.57. The van der Waals surface area contributed by atoms with Crippen LogP contribution in [0.3, 0.4) is 0 Å². The number of hydrogen-bond donors (Lipinski definition) is 1. The molecule has 0 atom stereocenters. The van der Waals surface area contributed by atoms with Crippen LogP contribution in [0.2, 0.25) is 0 Å². The van der Waals surface area contributed by atoms with Crippen LogP contribution in [0.25, 0.3) is 21.8 Å². The van der Waals surface area contributed by atoms with Crippen molar-refractivity contribution in [1.29, 1.82) is 5.26 Å². The van der Waals surface area contributed by atoms with Crippen molar-refractivity contribution in [2.45, 2.75) is 34.2 Å². The van der Waals surface area contributed by atoms with E-state index in [-0.39, 0.29) is 0 Å². The Labute approximate surface area is 174 Å². The molecule has 0 amide bonds. The minimum Gasteiger partial charge on any atom is -0.496 e. The Morgan fingerprint density at radius 3 is 2.61 bits per heavy atom. The van der Waals surface area contributed by atoms with Crippen LogP contribution < -0.4 is 4.74 Å². The number of methoxy groups -OCH3 is 1. The van der Waals surface area contributed by atoms with Crippen molar-refractivity contribution in [2.24, 2.45) is 0 Å². The molecule has 0 aliphatic carbocycles. The zero-order valence-corrected chi connectivity index (χ0v) is 18.5. The van der Waals surface area contributed by atoms with Crippen molar-refractivity contribution in [3.05, 3.63) is 58.3 Å². The standard InChI is InChI=1S/C18H13BrN4O.2C2H6/c1-24-17-7-15(19)18-13(4-5-21-18)14(17)10-23-9-12-3-2-11(8-20)6-16(12)22-23;2*1-2/h2-7,9,21H,10H2,1H3;2*1-2H3. The predicted molar refractivity (Wildman–Crippen MR) is 119 cm³/mol. The van der Waals surface area contributed by atoms with E-state index in [1.165, 1.54) is 0 Å². The number of H-pyrrole nitrogens is 1. The zero-order chi connectivity index (χ0) is 20.7. The summed E-state index contributed by atoms with van der Waals surface area (Å²) in [6.07, 6.45) is 3.90. The lowest BCUT2D eigenvalue weighted by Crippen LogP contribution is -2.03. The van der Waals surface area contributed by atoms with Crippen LogP contribution in [0.15, 0.2) is 47.2 Å². The quantitative estimate of drug-likeness (QED) is 0.408. The second kappa shape index (κ2) is 9.95. The summed E-state index contributed by atoms with van der Waals surface area (Å²) in [4.78, 5) is 3.24. The Bertz CT molecular complexity index is 1110. The molecule has 0 bridgehead atoms. The number of rotatable bonds is 3. The largest absolute Gasteiger partial charge is 0.496 e. The number of halogens is 1. The van der Waals surface area contributed by atoms with E-state index in [1.54, 1.807) is 19.2 Å². The first-order chi connectivity index (χ1) is 13.7. The van der Waals surface area contributed by atoms with Crippen LogP contribution >= 0.6 is 15.9 Å². The molecule has 2 heterocycles. The number of aromatic nitrogens is 3. The number of ether oxygens (including phenoxy) is 1. The number of nitriles is 1. The van der Waals surface area contributed by atoms with Crippen molar-refractivity contribution in [3.8, 4) is 11.8 Å². The van der Waals surface area contributed by atoms with Gasteiger partial charge in [0.15, 0.2) is 0 Å². The number of aromatic amines is 1.